The normalized spacial score (nSPS) is 13.1. The molecule has 2 aromatic rings. The van der Waals surface area contributed by atoms with Gasteiger partial charge in [-0.05, 0) is 17.0 Å². The number of carbonyl (C=O) groups is 1. The van der Waals surface area contributed by atoms with Gasteiger partial charge in [0.25, 0.3) is 0 Å². The molecule has 84 valence electrons. The number of guanidine groups is 1. The zero-order chi connectivity index (χ0) is 12.0. The summed E-state index contributed by atoms with van der Waals surface area (Å²) in [5.74, 6) is 0.0561. The van der Waals surface area contributed by atoms with Gasteiger partial charge in [0.1, 0.15) is 0 Å². The molecule has 0 spiro atoms. The minimum atomic E-state index is -0.102. The van der Waals surface area contributed by atoms with Gasteiger partial charge in [0.15, 0.2) is 11.7 Å². The first kappa shape index (κ1) is 9.84. The van der Waals surface area contributed by atoms with E-state index in [1.807, 2.05) is 30.3 Å². The molecule has 3 rings (SSSR count). The number of nitrogens with two attached hydrogens (primary N) is 1. The van der Waals surface area contributed by atoms with Crippen molar-refractivity contribution in [2.75, 3.05) is 5.32 Å². The molecule has 4 nitrogen and oxygen atoms in total. The molecule has 0 bridgehead atoms. The predicted octanol–water partition coefficient (Wildman–Crippen LogP) is 1.88. The first-order chi connectivity index (χ1) is 8.16. The monoisotopic (exact) mass is 225 g/mol. The highest BCUT2D eigenvalue weighted by Gasteiger charge is 2.22. The van der Waals surface area contributed by atoms with Crippen molar-refractivity contribution in [3.63, 3.8) is 0 Å². The summed E-state index contributed by atoms with van der Waals surface area (Å²) in [6.45, 7) is 0. The highest BCUT2D eigenvalue weighted by atomic mass is 16.1. The molecule has 0 unspecified atom stereocenters. The molecule has 0 fully saturated rings. The summed E-state index contributed by atoms with van der Waals surface area (Å²) in [6, 6.07) is 9.42. The molecule has 1 aliphatic carbocycles. The second-order valence-corrected chi connectivity index (χ2v) is 4.14. The van der Waals surface area contributed by atoms with Crippen molar-refractivity contribution in [3.8, 4) is 0 Å². The lowest BCUT2D eigenvalue weighted by Gasteiger charge is -2.09. The summed E-state index contributed by atoms with van der Waals surface area (Å²) < 4.78 is 0. The van der Waals surface area contributed by atoms with Crippen LogP contribution in [0.4, 0.5) is 5.69 Å². The Morgan fingerprint density at radius 2 is 2.12 bits per heavy atom. The van der Waals surface area contributed by atoms with Crippen molar-refractivity contribution >= 4 is 28.2 Å². The Morgan fingerprint density at radius 3 is 2.88 bits per heavy atom. The van der Waals surface area contributed by atoms with Crippen LogP contribution >= 0.6 is 0 Å². The standard InChI is InChI=1S/C13H11N3O/c14-13(15)16-10-5-4-7-6-11(17)9-3-1-2-8(10)12(7)9/h1-5H,6H2,(H4,14,15,16). The number of ketones is 1. The van der Waals surface area contributed by atoms with E-state index in [1.165, 1.54) is 0 Å². The van der Waals surface area contributed by atoms with Gasteiger partial charge < -0.3 is 11.1 Å². The first-order valence-electron chi connectivity index (χ1n) is 5.35. The fraction of sp³-hybridized carbons (Fsp3) is 0.0769. The smallest absolute Gasteiger partial charge is 0.190 e. The number of benzene rings is 2. The van der Waals surface area contributed by atoms with E-state index in [4.69, 9.17) is 11.1 Å². The maximum absolute atomic E-state index is 11.8. The van der Waals surface area contributed by atoms with Gasteiger partial charge >= 0.3 is 0 Å². The number of Topliss-reactive ketones (excluding diaryl/α,β-unsaturated/α-hetero) is 1. The second kappa shape index (κ2) is 3.31. The number of hydrogen-bond acceptors (Lipinski definition) is 2. The Bertz CT molecular complexity index is 661. The van der Waals surface area contributed by atoms with Crippen LogP contribution in [0.1, 0.15) is 15.9 Å². The Labute approximate surface area is 97.9 Å². The summed E-state index contributed by atoms with van der Waals surface area (Å²) in [4.78, 5) is 11.8. The van der Waals surface area contributed by atoms with E-state index >= 15 is 0 Å². The van der Waals surface area contributed by atoms with Crippen LogP contribution in [0.15, 0.2) is 30.3 Å². The molecule has 0 aromatic heterocycles. The van der Waals surface area contributed by atoms with Gasteiger partial charge in [0, 0.05) is 23.1 Å². The Morgan fingerprint density at radius 1 is 1.29 bits per heavy atom. The summed E-state index contributed by atoms with van der Waals surface area (Å²) in [5.41, 5.74) is 7.93. The summed E-state index contributed by atoms with van der Waals surface area (Å²) >= 11 is 0. The average Bonchev–Trinajstić information content (AvgIpc) is 2.61. The van der Waals surface area contributed by atoms with Crippen LogP contribution in [0, 0.1) is 5.41 Å². The fourth-order valence-electron chi connectivity index (χ4n) is 2.38. The average molecular weight is 225 g/mol. The third-order valence-electron chi connectivity index (χ3n) is 3.05. The third-order valence-corrected chi connectivity index (χ3v) is 3.05. The number of nitrogens with one attached hydrogen (secondary N) is 2. The van der Waals surface area contributed by atoms with E-state index in [1.54, 1.807) is 0 Å². The van der Waals surface area contributed by atoms with Gasteiger partial charge in [-0.1, -0.05) is 24.3 Å². The molecule has 0 heterocycles. The minimum absolute atomic E-state index is 0.102. The topological polar surface area (TPSA) is 79.0 Å². The summed E-state index contributed by atoms with van der Waals surface area (Å²) in [6.07, 6.45) is 0.468. The van der Waals surface area contributed by atoms with Gasteiger partial charge in [-0.25, -0.2) is 0 Å². The Kier molecular flexibility index (Phi) is 1.92. The molecular weight excluding hydrogens is 214 g/mol. The lowest BCUT2D eigenvalue weighted by Crippen LogP contribution is -2.20. The summed E-state index contributed by atoms with van der Waals surface area (Å²) in [7, 11) is 0. The second-order valence-electron chi connectivity index (χ2n) is 4.14. The molecular formula is C13H11N3O. The van der Waals surface area contributed by atoms with E-state index < -0.39 is 0 Å². The Hall–Kier alpha value is -2.36. The van der Waals surface area contributed by atoms with E-state index in [0.717, 1.165) is 27.6 Å². The number of carbonyl (C=O) groups excluding carboxylic acids is 1. The molecule has 4 heteroatoms. The van der Waals surface area contributed by atoms with Gasteiger partial charge in [0.05, 0.1) is 0 Å². The van der Waals surface area contributed by atoms with Gasteiger partial charge in [0.2, 0.25) is 0 Å². The van der Waals surface area contributed by atoms with Crippen LogP contribution in [0.25, 0.3) is 10.8 Å². The van der Waals surface area contributed by atoms with Crippen molar-refractivity contribution < 1.29 is 4.79 Å². The van der Waals surface area contributed by atoms with Crippen LogP contribution in [0.3, 0.4) is 0 Å². The Balaban J connectivity index is 2.33. The van der Waals surface area contributed by atoms with E-state index in [-0.39, 0.29) is 11.7 Å². The lowest BCUT2D eigenvalue weighted by atomic mass is 10.0. The van der Waals surface area contributed by atoms with Crippen LogP contribution in [-0.2, 0) is 6.42 Å². The number of rotatable bonds is 1. The van der Waals surface area contributed by atoms with Crippen LogP contribution < -0.4 is 11.1 Å². The zero-order valence-electron chi connectivity index (χ0n) is 9.08. The maximum atomic E-state index is 11.8. The van der Waals surface area contributed by atoms with E-state index in [9.17, 15) is 4.79 Å². The van der Waals surface area contributed by atoms with Gasteiger partial charge in [-0.3, -0.25) is 10.2 Å². The molecule has 0 amide bonds. The van der Waals surface area contributed by atoms with Crippen molar-refractivity contribution in [2.45, 2.75) is 6.42 Å². The summed E-state index contributed by atoms with van der Waals surface area (Å²) in [5, 5.41) is 12.0. The SMILES string of the molecule is N=C(N)Nc1ccc2c3c(cccc13)C(=O)C2. The quantitative estimate of drug-likeness (QED) is 0.512. The molecule has 1 aliphatic rings. The zero-order valence-corrected chi connectivity index (χ0v) is 9.08. The van der Waals surface area contributed by atoms with Crippen molar-refractivity contribution in [1.29, 1.82) is 5.41 Å². The molecule has 4 N–H and O–H groups in total. The molecule has 0 aliphatic heterocycles. The van der Waals surface area contributed by atoms with Gasteiger partial charge in [-0.15, -0.1) is 0 Å². The van der Waals surface area contributed by atoms with Gasteiger partial charge in [-0.2, -0.15) is 0 Å². The molecule has 0 radical (unpaired) electrons. The molecule has 0 saturated heterocycles. The van der Waals surface area contributed by atoms with Crippen LogP contribution in [0.5, 0.6) is 0 Å². The van der Waals surface area contributed by atoms with Crippen molar-refractivity contribution in [1.82, 2.24) is 0 Å². The molecule has 0 saturated carbocycles. The maximum Gasteiger partial charge on any atom is 0.190 e. The molecule has 17 heavy (non-hydrogen) atoms. The lowest BCUT2D eigenvalue weighted by molar-refractivity contribution is 0.1000. The highest BCUT2D eigenvalue weighted by molar-refractivity contribution is 6.18. The van der Waals surface area contributed by atoms with Crippen molar-refractivity contribution in [3.05, 3.63) is 41.5 Å². The largest absolute Gasteiger partial charge is 0.370 e. The highest BCUT2D eigenvalue weighted by Crippen LogP contribution is 2.34. The minimum Gasteiger partial charge on any atom is -0.370 e. The van der Waals surface area contributed by atoms with Crippen molar-refractivity contribution in [2.24, 2.45) is 5.73 Å². The fourth-order valence-corrected chi connectivity index (χ4v) is 2.38. The number of anilines is 1. The van der Waals surface area contributed by atoms with E-state index in [2.05, 4.69) is 5.32 Å². The molecule has 0 atom stereocenters. The first-order valence-corrected chi connectivity index (χ1v) is 5.35. The van der Waals surface area contributed by atoms with Crippen LogP contribution in [0.2, 0.25) is 0 Å². The predicted molar refractivity (Wildman–Crippen MR) is 67.5 cm³/mol. The number of hydrogen-bond donors (Lipinski definition) is 3. The van der Waals surface area contributed by atoms with Crippen LogP contribution in [-0.4, -0.2) is 11.7 Å². The third kappa shape index (κ3) is 1.38. The van der Waals surface area contributed by atoms with E-state index in [0.29, 0.717) is 6.42 Å². The molecule has 2 aromatic carbocycles.